The van der Waals surface area contributed by atoms with Crippen molar-refractivity contribution in [2.75, 3.05) is 33.7 Å². The fourth-order valence-electron chi connectivity index (χ4n) is 1.82. The van der Waals surface area contributed by atoms with Gasteiger partial charge in [-0.25, -0.2) is 4.98 Å². The van der Waals surface area contributed by atoms with Gasteiger partial charge >= 0.3 is 0 Å². The van der Waals surface area contributed by atoms with Crippen LogP contribution in [0.25, 0.3) is 0 Å². The summed E-state index contributed by atoms with van der Waals surface area (Å²) in [6, 6.07) is 5.94. The molecule has 98 valence electrons. The maximum Gasteiger partial charge on any atom is 0.140 e. The number of nitriles is 1. The lowest BCUT2D eigenvalue weighted by Gasteiger charge is -2.23. The van der Waals surface area contributed by atoms with Crippen LogP contribution in [0.4, 0.5) is 0 Å². The summed E-state index contributed by atoms with van der Waals surface area (Å²) in [7, 11) is 4.18. The molecule has 0 spiro atoms. The van der Waals surface area contributed by atoms with Gasteiger partial charge < -0.3 is 4.90 Å². The summed E-state index contributed by atoms with van der Waals surface area (Å²) in [5.74, 6) is 0. The highest BCUT2D eigenvalue weighted by Crippen LogP contribution is 2.06. The van der Waals surface area contributed by atoms with Gasteiger partial charge in [-0.2, -0.15) is 5.26 Å². The van der Waals surface area contributed by atoms with Gasteiger partial charge in [0.15, 0.2) is 0 Å². The molecule has 1 rings (SSSR count). The molecule has 0 aromatic carbocycles. The van der Waals surface area contributed by atoms with E-state index in [-0.39, 0.29) is 0 Å². The van der Waals surface area contributed by atoms with E-state index < -0.39 is 0 Å². The molecular formula is C14H22N4. The molecule has 0 saturated carbocycles. The topological polar surface area (TPSA) is 43.2 Å². The van der Waals surface area contributed by atoms with Gasteiger partial charge in [-0.1, -0.05) is 6.92 Å². The van der Waals surface area contributed by atoms with Crippen molar-refractivity contribution in [3.05, 3.63) is 29.6 Å². The predicted octanol–water partition coefficient (Wildman–Crippen LogP) is 1.73. The van der Waals surface area contributed by atoms with E-state index in [4.69, 9.17) is 5.26 Å². The minimum absolute atomic E-state index is 0.497. The number of rotatable bonds is 7. The summed E-state index contributed by atoms with van der Waals surface area (Å²) < 4.78 is 0. The summed E-state index contributed by atoms with van der Waals surface area (Å²) in [5.41, 5.74) is 1.66. The van der Waals surface area contributed by atoms with Crippen LogP contribution in [0.5, 0.6) is 0 Å². The number of aromatic nitrogens is 1. The normalized spacial score (nSPS) is 10.9. The first-order chi connectivity index (χ1) is 8.65. The number of hydrogen-bond donors (Lipinski definition) is 0. The Morgan fingerprint density at radius 3 is 2.67 bits per heavy atom. The summed E-state index contributed by atoms with van der Waals surface area (Å²) in [5, 5.41) is 8.84. The second kappa shape index (κ2) is 7.80. The van der Waals surface area contributed by atoms with Gasteiger partial charge in [-0.3, -0.25) is 4.90 Å². The molecule has 18 heavy (non-hydrogen) atoms. The Morgan fingerprint density at radius 2 is 2.06 bits per heavy atom. The smallest absolute Gasteiger partial charge is 0.140 e. The molecule has 0 aliphatic carbocycles. The Bertz CT molecular complexity index is 395. The lowest BCUT2D eigenvalue weighted by atomic mass is 10.2. The fraction of sp³-hybridized carbons (Fsp3) is 0.571. The third kappa shape index (κ3) is 5.26. The molecule has 0 unspecified atom stereocenters. The van der Waals surface area contributed by atoms with Crippen molar-refractivity contribution >= 4 is 0 Å². The average Bonchev–Trinajstić information content (AvgIpc) is 2.36. The summed E-state index contributed by atoms with van der Waals surface area (Å²) in [4.78, 5) is 8.60. The molecule has 0 aliphatic heterocycles. The Labute approximate surface area is 110 Å². The van der Waals surface area contributed by atoms with Crippen molar-refractivity contribution in [1.29, 1.82) is 5.26 Å². The minimum atomic E-state index is 0.497. The van der Waals surface area contributed by atoms with Gasteiger partial charge in [0.05, 0.1) is 0 Å². The molecule has 0 radical (unpaired) electrons. The third-order valence-electron chi connectivity index (χ3n) is 2.75. The highest BCUT2D eigenvalue weighted by Gasteiger charge is 2.06. The Hall–Kier alpha value is -1.44. The molecule has 0 atom stereocenters. The van der Waals surface area contributed by atoms with Gasteiger partial charge in [0.25, 0.3) is 0 Å². The standard InChI is InChI=1S/C14H22N4/c1-4-7-18(9-8-17(2)3)12-13-5-6-16-14(10-13)11-15/h5-6,10H,4,7-9,12H2,1-3H3. The van der Waals surface area contributed by atoms with Crippen LogP contribution in [-0.4, -0.2) is 48.5 Å². The van der Waals surface area contributed by atoms with Gasteiger partial charge in [0, 0.05) is 25.8 Å². The molecule has 1 aromatic heterocycles. The van der Waals surface area contributed by atoms with E-state index in [0.29, 0.717) is 5.69 Å². The van der Waals surface area contributed by atoms with Crippen LogP contribution in [0, 0.1) is 11.3 Å². The molecule has 0 saturated heterocycles. The van der Waals surface area contributed by atoms with Crippen LogP contribution >= 0.6 is 0 Å². The first-order valence-electron chi connectivity index (χ1n) is 6.37. The van der Waals surface area contributed by atoms with Gasteiger partial charge in [-0.15, -0.1) is 0 Å². The van der Waals surface area contributed by atoms with E-state index in [1.54, 1.807) is 6.20 Å². The molecular weight excluding hydrogens is 224 g/mol. The van der Waals surface area contributed by atoms with Gasteiger partial charge in [-0.05, 0) is 44.8 Å². The van der Waals surface area contributed by atoms with Gasteiger partial charge in [0.1, 0.15) is 11.8 Å². The molecule has 0 aliphatic rings. The maximum absolute atomic E-state index is 8.84. The largest absolute Gasteiger partial charge is 0.308 e. The van der Waals surface area contributed by atoms with E-state index in [0.717, 1.165) is 38.2 Å². The Balaban J connectivity index is 2.61. The SMILES string of the molecule is CCCN(CCN(C)C)Cc1ccnc(C#N)c1. The quantitative estimate of drug-likeness (QED) is 0.735. The zero-order valence-corrected chi connectivity index (χ0v) is 11.6. The lowest BCUT2D eigenvalue weighted by Crippen LogP contribution is -2.32. The average molecular weight is 246 g/mol. The molecule has 1 aromatic rings. The van der Waals surface area contributed by atoms with Gasteiger partial charge in [0.2, 0.25) is 0 Å². The Kier molecular flexibility index (Phi) is 6.34. The first-order valence-corrected chi connectivity index (χ1v) is 6.37. The monoisotopic (exact) mass is 246 g/mol. The predicted molar refractivity (Wildman–Crippen MR) is 73.1 cm³/mol. The zero-order chi connectivity index (χ0) is 13.4. The van der Waals surface area contributed by atoms with Crippen molar-refractivity contribution < 1.29 is 0 Å². The highest BCUT2D eigenvalue weighted by molar-refractivity contribution is 5.25. The van der Waals surface area contributed by atoms with E-state index in [1.165, 1.54) is 0 Å². The zero-order valence-electron chi connectivity index (χ0n) is 11.6. The number of nitrogens with zero attached hydrogens (tertiary/aromatic N) is 4. The second-order valence-corrected chi connectivity index (χ2v) is 4.74. The molecule has 0 bridgehead atoms. The second-order valence-electron chi connectivity index (χ2n) is 4.74. The lowest BCUT2D eigenvalue weighted by molar-refractivity contribution is 0.234. The van der Waals surface area contributed by atoms with Crippen LogP contribution in [0.1, 0.15) is 24.6 Å². The van der Waals surface area contributed by atoms with E-state index >= 15 is 0 Å². The molecule has 0 N–H and O–H groups in total. The molecule has 4 heteroatoms. The molecule has 0 amide bonds. The molecule has 4 nitrogen and oxygen atoms in total. The van der Waals surface area contributed by atoms with E-state index in [1.807, 2.05) is 12.1 Å². The maximum atomic E-state index is 8.84. The van der Waals surface area contributed by atoms with Crippen LogP contribution in [0.15, 0.2) is 18.3 Å². The van der Waals surface area contributed by atoms with E-state index in [9.17, 15) is 0 Å². The summed E-state index contributed by atoms with van der Waals surface area (Å²) in [6.07, 6.45) is 2.85. The molecule has 1 heterocycles. The third-order valence-corrected chi connectivity index (χ3v) is 2.75. The number of pyridine rings is 1. The van der Waals surface area contributed by atoms with Crippen molar-refractivity contribution in [1.82, 2.24) is 14.8 Å². The van der Waals surface area contributed by atoms with Crippen LogP contribution in [0.2, 0.25) is 0 Å². The van der Waals surface area contributed by atoms with Crippen LogP contribution in [0.3, 0.4) is 0 Å². The Morgan fingerprint density at radius 1 is 1.28 bits per heavy atom. The van der Waals surface area contributed by atoms with Crippen molar-refractivity contribution in [3.63, 3.8) is 0 Å². The summed E-state index contributed by atoms with van der Waals surface area (Å²) in [6.45, 7) is 6.26. The molecule has 0 fully saturated rings. The number of hydrogen-bond acceptors (Lipinski definition) is 4. The fourth-order valence-corrected chi connectivity index (χ4v) is 1.82. The van der Waals surface area contributed by atoms with Crippen molar-refractivity contribution in [3.8, 4) is 6.07 Å². The van der Waals surface area contributed by atoms with Crippen LogP contribution in [-0.2, 0) is 6.54 Å². The van der Waals surface area contributed by atoms with Crippen molar-refractivity contribution in [2.24, 2.45) is 0 Å². The van der Waals surface area contributed by atoms with E-state index in [2.05, 4.69) is 41.9 Å². The van der Waals surface area contributed by atoms with Crippen LogP contribution < -0.4 is 0 Å². The van der Waals surface area contributed by atoms with Crippen molar-refractivity contribution in [2.45, 2.75) is 19.9 Å². The summed E-state index contributed by atoms with van der Waals surface area (Å²) >= 11 is 0. The number of likely N-dealkylation sites (N-methyl/N-ethyl adjacent to an activating group) is 1. The first kappa shape index (κ1) is 14.6. The minimum Gasteiger partial charge on any atom is -0.308 e. The highest BCUT2D eigenvalue weighted by atomic mass is 15.2.